The summed E-state index contributed by atoms with van der Waals surface area (Å²) < 4.78 is 0. The van der Waals surface area contributed by atoms with Crippen molar-refractivity contribution in [1.29, 1.82) is 0 Å². The Morgan fingerprint density at radius 3 is 2.75 bits per heavy atom. The van der Waals surface area contributed by atoms with Crippen LogP contribution in [0.4, 0.5) is 11.5 Å². The van der Waals surface area contributed by atoms with Crippen molar-refractivity contribution in [2.45, 2.75) is 19.3 Å². The first-order chi connectivity index (χ1) is 7.68. The molecule has 1 fully saturated rings. The molecular weight excluding hydrogens is 210 g/mol. The molecule has 84 valence electrons. The highest BCUT2D eigenvalue weighted by Gasteiger charge is 2.21. The molecule has 1 aliphatic heterocycles. The quantitative estimate of drug-likeness (QED) is 0.560. The summed E-state index contributed by atoms with van der Waals surface area (Å²) in [5.74, 6) is -0.143. The van der Waals surface area contributed by atoms with E-state index in [4.69, 9.17) is 0 Å². The molecule has 0 spiro atoms. The molecule has 2 rings (SSSR count). The summed E-state index contributed by atoms with van der Waals surface area (Å²) >= 11 is 0. The van der Waals surface area contributed by atoms with Crippen LogP contribution in [0.5, 0.6) is 0 Å². The minimum atomic E-state index is -0.554. The van der Waals surface area contributed by atoms with Crippen molar-refractivity contribution in [3.05, 3.63) is 28.4 Å². The number of carbonyl (C=O) groups is 1. The predicted molar refractivity (Wildman–Crippen MR) is 57.1 cm³/mol. The number of piperidine rings is 1. The van der Waals surface area contributed by atoms with Crippen LogP contribution in [-0.2, 0) is 4.79 Å². The van der Waals surface area contributed by atoms with E-state index in [-0.39, 0.29) is 11.7 Å². The number of pyridine rings is 1. The van der Waals surface area contributed by atoms with Gasteiger partial charge in [-0.05, 0) is 28.8 Å². The van der Waals surface area contributed by atoms with E-state index in [1.54, 1.807) is 11.0 Å². The van der Waals surface area contributed by atoms with Gasteiger partial charge < -0.3 is 15.0 Å². The minimum Gasteiger partial charge on any atom is -0.358 e. The van der Waals surface area contributed by atoms with Gasteiger partial charge in [0.15, 0.2) is 6.20 Å². The summed E-state index contributed by atoms with van der Waals surface area (Å²) in [6.45, 7) is 0.665. The Balaban J connectivity index is 2.20. The lowest BCUT2D eigenvalue weighted by Crippen LogP contribution is -2.35. The van der Waals surface area contributed by atoms with Crippen LogP contribution in [0.25, 0.3) is 0 Å². The van der Waals surface area contributed by atoms with Crippen LogP contribution in [0.1, 0.15) is 19.3 Å². The summed E-state index contributed by atoms with van der Waals surface area (Å²) in [4.78, 5) is 26.8. The van der Waals surface area contributed by atoms with Crippen LogP contribution >= 0.6 is 0 Å². The lowest BCUT2D eigenvalue weighted by atomic mass is 10.1. The summed E-state index contributed by atoms with van der Waals surface area (Å²) in [7, 11) is 0. The van der Waals surface area contributed by atoms with Gasteiger partial charge in [-0.1, -0.05) is 0 Å². The van der Waals surface area contributed by atoms with Crippen molar-refractivity contribution in [3.8, 4) is 0 Å². The number of rotatable bonds is 2. The summed E-state index contributed by atoms with van der Waals surface area (Å²) in [6.07, 6.45) is 3.79. The van der Waals surface area contributed by atoms with Crippen LogP contribution < -0.4 is 4.90 Å². The van der Waals surface area contributed by atoms with Gasteiger partial charge in [-0.15, -0.1) is 0 Å². The molecule has 6 heteroatoms. The molecule has 1 aromatic heterocycles. The third kappa shape index (κ3) is 2.00. The Bertz CT molecular complexity index is 416. The molecule has 0 bridgehead atoms. The first-order valence-electron chi connectivity index (χ1n) is 5.09. The molecule has 1 aromatic rings. The maximum atomic E-state index is 11.6. The largest absolute Gasteiger partial charge is 0.363 e. The Labute approximate surface area is 92.0 Å². The first-order valence-corrected chi connectivity index (χ1v) is 5.09. The molecular formula is C10H11N3O3. The van der Waals surface area contributed by atoms with E-state index in [9.17, 15) is 14.9 Å². The zero-order chi connectivity index (χ0) is 11.5. The van der Waals surface area contributed by atoms with Gasteiger partial charge in [0.1, 0.15) is 0 Å². The van der Waals surface area contributed by atoms with Crippen LogP contribution in [-0.4, -0.2) is 22.4 Å². The second-order valence-corrected chi connectivity index (χ2v) is 3.63. The van der Waals surface area contributed by atoms with Gasteiger partial charge in [-0.2, -0.15) is 0 Å². The van der Waals surface area contributed by atoms with Crippen molar-refractivity contribution in [3.63, 3.8) is 0 Å². The van der Waals surface area contributed by atoms with Gasteiger partial charge in [-0.25, -0.2) is 0 Å². The topological polar surface area (TPSA) is 76.3 Å². The standard InChI is InChI=1S/C10H11N3O3/c14-10-3-1-2-6-12(10)8-4-5-9(11-7-8)13(15)16/h4-5,7H,1-3,6H2. The fourth-order valence-electron chi connectivity index (χ4n) is 1.72. The third-order valence-electron chi connectivity index (χ3n) is 2.55. The second kappa shape index (κ2) is 4.26. The Morgan fingerprint density at radius 1 is 1.38 bits per heavy atom. The molecule has 1 saturated heterocycles. The first kappa shape index (κ1) is 10.5. The maximum absolute atomic E-state index is 11.6. The molecule has 0 unspecified atom stereocenters. The minimum absolute atomic E-state index is 0.0573. The summed E-state index contributed by atoms with van der Waals surface area (Å²) in [6, 6.07) is 2.88. The van der Waals surface area contributed by atoms with E-state index in [2.05, 4.69) is 4.98 Å². The van der Waals surface area contributed by atoms with Crippen molar-refractivity contribution >= 4 is 17.4 Å². The van der Waals surface area contributed by atoms with Crippen LogP contribution in [0.15, 0.2) is 18.3 Å². The van der Waals surface area contributed by atoms with E-state index in [0.717, 1.165) is 12.8 Å². The van der Waals surface area contributed by atoms with Crippen LogP contribution in [0.2, 0.25) is 0 Å². The molecule has 6 nitrogen and oxygen atoms in total. The molecule has 2 heterocycles. The highest BCUT2D eigenvalue weighted by molar-refractivity contribution is 5.93. The fourth-order valence-corrected chi connectivity index (χ4v) is 1.72. The average Bonchev–Trinajstić information content (AvgIpc) is 2.30. The van der Waals surface area contributed by atoms with Crippen molar-refractivity contribution in [2.24, 2.45) is 0 Å². The SMILES string of the molecule is O=C1CCCCN1c1ccc([N+](=O)[O-])nc1. The van der Waals surface area contributed by atoms with Crippen molar-refractivity contribution in [2.75, 3.05) is 11.4 Å². The van der Waals surface area contributed by atoms with Crippen LogP contribution in [0.3, 0.4) is 0 Å². The summed E-state index contributed by atoms with van der Waals surface area (Å²) in [5.41, 5.74) is 0.635. The van der Waals surface area contributed by atoms with Gasteiger partial charge in [0.2, 0.25) is 5.91 Å². The van der Waals surface area contributed by atoms with E-state index < -0.39 is 4.92 Å². The molecule has 0 saturated carbocycles. The van der Waals surface area contributed by atoms with E-state index in [1.165, 1.54) is 12.3 Å². The lowest BCUT2D eigenvalue weighted by Gasteiger charge is -2.25. The number of nitro groups is 1. The normalized spacial score (nSPS) is 16.2. The predicted octanol–water partition coefficient (Wildman–Crippen LogP) is 1.51. The summed E-state index contributed by atoms with van der Waals surface area (Å²) in [5, 5.41) is 10.4. The molecule has 1 aliphatic rings. The van der Waals surface area contributed by atoms with E-state index >= 15 is 0 Å². The number of hydrogen-bond donors (Lipinski definition) is 0. The monoisotopic (exact) mass is 221 g/mol. The Kier molecular flexibility index (Phi) is 2.80. The van der Waals surface area contributed by atoms with Gasteiger partial charge in [-0.3, -0.25) is 4.79 Å². The van der Waals surface area contributed by atoms with Crippen molar-refractivity contribution < 1.29 is 9.72 Å². The zero-order valence-corrected chi connectivity index (χ0v) is 8.63. The van der Waals surface area contributed by atoms with Gasteiger partial charge >= 0.3 is 5.82 Å². The lowest BCUT2D eigenvalue weighted by molar-refractivity contribution is -0.389. The molecule has 0 N–H and O–H groups in total. The highest BCUT2D eigenvalue weighted by Crippen LogP contribution is 2.21. The average molecular weight is 221 g/mol. The number of anilines is 1. The number of hydrogen-bond acceptors (Lipinski definition) is 4. The number of nitrogens with zero attached hydrogens (tertiary/aromatic N) is 3. The number of aromatic nitrogens is 1. The molecule has 0 radical (unpaired) electrons. The zero-order valence-electron chi connectivity index (χ0n) is 8.63. The van der Waals surface area contributed by atoms with Crippen LogP contribution in [0, 0.1) is 10.1 Å². The molecule has 16 heavy (non-hydrogen) atoms. The number of amides is 1. The van der Waals surface area contributed by atoms with Gasteiger partial charge in [0.05, 0.1) is 5.69 Å². The smallest absolute Gasteiger partial charge is 0.358 e. The van der Waals surface area contributed by atoms with E-state index in [0.29, 0.717) is 18.7 Å². The fraction of sp³-hybridized carbons (Fsp3) is 0.400. The molecule has 0 aromatic carbocycles. The van der Waals surface area contributed by atoms with Gasteiger partial charge in [0, 0.05) is 19.0 Å². The molecule has 0 atom stereocenters. The third-order valence-corrected chi connectivity index (χ3v) is 2.55. The Hall–Kier alpha value is -1.98. The molecule has 1 amide bonds. The Morgan fingerprint density at radius 2 is 2.19 bits per heavy atom. The van der Waals surface area contributed by atoms with Gasteiger partial charge in [0.25, 0.3) is 0 Å². The maximum Gasteiger partial charge on any atom is 0.363 e. The molecule has 0 aliphatic carbocycles. The van der Waals surface area contributed by atoms with E-state index in [1.807, 2.05) is 0 Å². The highest BCUT2D eigenvalue weighted by atomic mass is 16.6. The number of carbonyl (C=O) groups excluding carboxylic acids is 1. The van der Waals surface area contributed by atoms with Crippen molar-refractivity contribution in [1.82, 2.24) is 4.98 Å². The second-order valence-electron chi connectivity index (χ2n) is 3.63.